The lowest BCUT2D eigenvalue weighted by Crippen LogP contribution is -2.18. The first-order valence-electron chi connectivity index (χ1n) is 10.6. The average Bonchev–Trinajstić information content (AvgIpc) is 3.31. The molecule has 0 aromatic heterocycles. The number of benzene rings is 4. The van der Waals surface area contributed by atoms with E-state index in [-0.39, 0.29) is 6.04 Å². The highest BCUT2D eigenvalue weighted by molar-refractivity contribution is 6.33. The van der Waals surface area contributed by atoms with E-state index < -0.39 is 0 Å². The number of rotatable bonds is 5. The van der Waals surface area contributed by atoms with Crippen LogP contribution in [0.1, 0.15) is 29.2 Å². The first kappa shape index (κ1) is 20.2. The maximum Gasteiger partial charge on any atom is 0.0831 e. The predicted molar refractivity (Wildman–Crippen MR) is 134 cm³/mol. The van der Waals surface area contributed by atoms with Gasteiger partial charge in [0, 0.05) is 23.2 Å². The zero-order chi connectivity index (χ0) is 21.8. The third-order valence-corrected chi connectivity index (χ3v) is 5.90. The van der Waals surface area contributed by atoms with Crippen molar-refractivity contribution in [3.63, 3.8) is 0 Å². The molecule has 4 aromatic carbocycles. The SMILES string of the molecule is Clc1ccccc1C=Nc1cccc(C2=NN(c3ccccc3)C(c3ccccc3)C2)c1. The number of aliphatic imine (C=N–C) groups is 1. The summed E-state index contributed by atoms with van der Waals surface area (Å²) in [6, 6.07) is 37.0. The highest BCUT2D eigenvalue weighted by Gasteiger charge is 2.29. The van der Waals surface area contributed by atoms with E-state index >= 15 is 0 Å². The van der Waals surface area contributed by atoms with Gasteiger partial charge in [0.05, 0.1) is 23.1 Å². The standard InChI is InChI=1S/C28H22ClN3/c29-26-17-8-7-12-23(26)20-30-24-14-9-13-22(18-24)27-19-28(21-10-3-1-4-11-21)32(31-27)25-15-5-2-6-16-25/h1-18,20,28H,19H2. The molecular formula is C28H22ClN3. The molecule has 0 N–H and O–H groups in total. The van der Waals surface area contributed by atoms with Gasteiger partial charge in [-0.3, -0.25) is 10.0 Å². The van der Waals surface area contributed by atoms with Gasteiger partial charge in [0.25, 0.3) is 0 Å². The van der Waals surface area contributed by atoms with Crippen LogP contribution in [0.25, 0.3) is 0 Å². The normalized spacial score (nSPS) is 15.8. The summed E-state index contributed by atoms with van der Waals surface area (Å²) in [5.74, 6) is 0. The van der Waals surface area contributed by atoms with Crippen LogP contribution < -0.4 is 5.01 Å². The van der Waals surface area contributed by atoms with Crippen molar-refractivity contribution in [1.82, 2.24) is 0 Å². The average molecular weight is 436 g/mol. The Bertz CT molecular complexity index is 1270. The Morgan fingerprint density at radius 1 is 0.812 bits per heavy atom. The molecule has 0 spiro atoms. The Kier molecular flexibility index (Phi) is 5.82. The van der Waals surface area contributed by atoms with E-state index in [0.29, 0.717) is 5.02 Å². The molecule has 156 valence electrons. The molecule has 0 saturated carbocycles. The minimum absolute atomic E-state index is 0.156. The van der Waals surface area contributed by atoms with Gasteiger partial charge in [-0.2, -0.15) is 5.10 Å². The smallest absolute Gasteiger partial charge is 0.0831 e. The van der Waals surface area contributed by atoms with Crippen LogP contribution in [-0.2, 0) is 0 Å². The van der Waals surface area contributed by atoms with Crippen LogP contribution in [0.5, 0.6) is 0 Å². The molecule has 0 aliphatic carbocycles. The monoisotopic (exact) mass is 435 g/mol. The van der Waals surface area contributed by atoms with Crippen LogP contribution in [0, 0.1) is 0 Å². The van der Waals surface area contributed by atoms with Crippen molar-refractivity contribution < 1.29 is 0 Å². The number of anilines is 1. The van der Waals surface area contributed by atoms with Crippen molar-refractivity contribution in [3.8, 4) is 0 Å². The van der Waals surface area contributed by atoms with E-state index in [4.69, 9.17) is 16.7 Å². The molecule has 1 aliphatic rings. The minimum atomic E-state index is 0.156. The van der Waals surface area contributed by atoms with Crippen molar-refractivity contribution in [1.29, 1.82) is 0 Å². The Morgan fingerprint density at radius 3 is 2.31 bits per heavy atom. The minimum Gasteiger partial charge on any atom is -0.257 e. The zero-order valence-electron chi connectivity index (χ0n) is 17.5. The van der Waals surface area contributed by atoms with E-state index in [1.54, 1.807) is 6.21 Å². The summed E-state index contributed by atoms with van der Waals surface area (Å²) in [5, 5.41) is 7.86. The van der Waals surface area contributed by atoms with Crippen LogP contribution in [0.2, 0.25) is 5.02 Å². The Labute approximate surface area is 193 Å². The van der Waals surface area contributed by atoms with E-state index in [9.17, 15) is 0 Å². The van der Waals surface area contributed by atoms with Crippen molar-refractivity contribution >= 4 is 34.9 Å². The molecular weight excluding hydrogens is 414 g/mol. The van der Waals surface area contributed by atoms with Crippen molar-refractivity contribution in [2.45, 2.75) is 12.5 Å². The molecule has 0 saturated heterocycles. The summed E-state index contributed by atoms with van der Waals surface area (Å²) in [5.41, 5.74) is 6.25. The first-order chi connectivity index (χ1) is 15.8. The number of hydrogen-bond acceptors (Lipinski definition) is 3. The van der Waals surface area contributed by atoms with Crippen LogP contribution in [0.3, 0.4) is 0 Å². The molecule has 0 fully saturated rings. The van der Waals surface area contributed by atoms with Gasteiger partial charge in [0.1, 0.15) is 0 Å². The lowest BCUT2D eigenvalue weighted by Gasteiger charge is -2.23. The van der Waals surface area contributed by atoms with Gasteiger partial charge >= 0.3 is 0 Å². The third kappa shape index (κ3) is 4.34. The fourth-order valence-electron chi connectivity index (χ4n) is 3.93. The van der Waals surface area contributed by atoms with Gasteiger partial charge in [-0.1, -0.05) is 90.5 Å². The molecule has 1 atom stereocenters. The van der Waals surface area contributed by atoms with Gasteiger partial charge < -0.3 is 0 Å². The fourth-order valence-corrected chi connectivity index (χ4v) is 4.11. The zero-order valence-corrected chi connectivity index (χ0v) is 18.2. The van der Waals surface area contributed by atoms with Gasteiger partial charge in [0.2, 0.25) is 0 Å². The van der Waals surface area contributed by atoms with Crippen molar-refractivity contribution in [3.05, 3.63) is 131 Å². The van der Waals surface area contributed by atoms with Gasteiger partial charge in [-0.15, -0.1) is 0 Å². The van der Waals surface area contributed by atoms with E-state index in [2.05, 4.69) is 70.7 Å². The van der Waals surface area contributed by atoms with Gasteiger partial charge in [-0.05, 0) is 41.5 Å². The molecule has 1 unspecified atom stereocenters. The first-order valence-corrected chi connectivity index (χ1v) is 11.0. The molecule has 1 heterocycles. The van der Waals surface area contributed by atoms with E-state index in [0.717, 1.165) is 34.6 Å². The maximum atomic E-state index is 6.26. The van der Waals surface area contributed by atoms with Gasteiger partial charge in [-0.25, -0.2) is 0 Å². The summed E-state index contributed by atoms with van der Waals surface area (Å²) in [7, 11) is 0. The molecule has 32 heavy (non-hydrogen) atoms. The molecule has 3 nitrogen and oxygen atoms in total. The Morgan fingerprint density at radius 2 is 1.53 bits per heavy atom. The fraction of sp³-hybridized carbons (Fsp3) is 0.0714. The second-order valence-corrected chi connectivity index (χ2v) is 8.09. The highest BCUT2D eigenvalue weighted by atomic mass is 35.5. The number of para-hydroxylation sites is 1. The lowest BCUT2D eigenvalue weighted by atomic mass is 9.98. The molecule has 0 radical (unpaired) electrons. The van der Waals surface area contributed by atoms with E-state index in [1.165, 1.54) is 5.56 Å². The van der Waals surface area contributed by atoms with Crippen molar-refractivity contribution in [2.24, 2.45) is 10.1 Å². The highest BCUT2D eigenvalue weighted by Crippen LogP contribution is 2.36. The maximum absolute atomic E-state index is 6.26. The lowest BCUT2D eigenvalue weighted by molar-refractivity contribution is 0.709. The summed E-state index contributed by atoms with van der Waals surface area (Å²) in [4.78, 5) is 4.65. The van der Waals surface area contributed by atoms with Crippen LogP contribution in [-0.4, -0.2) is 11.9 Å². The van der Waals surface area contributed by atoms with Crippen LogP contribution in [0.15, 0.2) is 119 Å². The van der Waals surface area contributed by atoms with Gasteiger partial charge in [0.15, 0.2) is 0 Å². The molecule has 0 bridgehead atoms. The second kappa shape index (κ2) is 9.21. The molecule has 0 amide bonds. The van der Waals surface area contributed by atoms with E-state index in [1.807, 2.05) is 48.5 Å². The second-order valence-electron chi connectivity index (χ2n) is 7.69. The van der Waals surface area contributed by atoms with Crippen LogP contribution in [0.4, 0.5) is 11.4 Å². The summed E-state index contributed by atoms with van der Waals surface area (Å²) >= 11 is 6.26. The largest absolute Gasteiger partial charge is 0.257 e. The molecule has 4 aromatic rings. The Balaban J connectivity index is 1.46. The molecule has 4 heteroatoms. The summed E-state index contributed by atoms with van der Waals surface area (Å²) in [6.45, 7) is 0. The third-order valence-electron chi connectivity index (χ3n) is 5.55. The number of halogens is 1. The summed E-state index contributed by atoms with van der Waals surface area (Å²) < 4.78 is 0. The molecule has 1 aliphatic heterocycles. The number of hydrazone groups is 1. The quantitative estimate of drug-likeness (QED) is 0.299. The summed E-state index contributed by atoms with van der Waals surface area (Å²) in [6.07, 6.45) is 2.64. The number of nitrogens with zero attached hydrogens (tertiary/aromatic N) is 3. The Hall–Kier alpha value is -3.69. The van der Waals surface area contributed by atoms with Crippen LogP contribution >= 0.6 is 11.6 Å². The number of hydrogen-bond donors (Lipinski definition) is 0. The predicted octanol–water partition coefficient (Wildman–Crippen LogP) is 7.45. The van der Waals surface area contributed by atoms with Crippen molar-refractivity contribution in [2.75, 3.05) is 5.01 Å². The topological polar surface area (TPSA) is 28.0 Å². The molecule has 5 rings (SSSR count).